The molecule has 3 aliphatic rings. The van der Waals surface area contributed by atoms with Gasteiger partial charge in [-0.3, -0.25) is 9.89 Å². The van der Waals surface area contributed by atoms with Gasteiger partial charge >= 0.3 is 0 Å². The first-order chi connectivity index (χ1) is 13.0. The molecule has 28 heavy (non-hydrogen) atoms. The predicted molar refractivity (Wildman–Crippen MR) is 117 cm³/mol. The van der Waals surface area contributed by atoms with Gasteiger partial charge in [0.05, 0.1) is 12.8 Å². The predicted octanol–water partition coefficient (Wildman–Crippen LogP) is 2.92. The second kappa shape index (κ2) is 8.66. The van der Waals surface area contributed by atoms with Gasteiger partial charge in [0.1, 0.15) is 0 Å². The van der Waals surface area contributed by atoms with Crippen molar-refractivity contribution in [2.24, 2.45) is 15.9 Å². The number of hydrogen-bond acceptors (Lipinski definition) is 6. The van der Waals surface area contributed by atoms with Crippen LogP contribution in [0.1, 0.15) is 31.5 Å². The Balaban J connectivity index is 0.00000225. The molecule has 1 fully saturated rings. The first kappa shape index (κ1) is 20.9. The van der Waals surface area contributed by atoms with Crippen LogP contribution in [-0.4, -0.2) is 60.0 Å². The molecule has 0 spiro atoms. The van der Waals surface area contributed by atoms with Crippen LogP contribution in [-0.2, 0) is 11.2 Å². The quantitative estimate of drug-likeness (QED) is 0.760. The molecule has 0 aromatic carbocycles. The number of nitrogens with zero attached hydrogens (tertiary/aromatic N) is 4. The third-order valence-corrected chi connectivity index (χ3v) is 5.67. The summed E-state index contributed by atoms with van der Waals surface area (Å²) in [6, 6.07) is 4.54. The molecule has 0 bridgehead atoms. The maximum atomic E-state index is 5.66. The topological polar surface area (TPSA) is 59.3 Å². The summed E-state index contributed by atoms with van der Waals surface area (Å²) < 4.78 is 11.0. The fourth-order valence-corrected chi connectivity index (χ4v) is 4.26. The van der Waals surface area contributed by atoms with E-state index in [0.717, 1.165) is 36.8 Å². The molecule has 0 aliphatic carbocycles. The van der Waals surface area contributed by atoms with Crippen LogP contribution in [0.2, 0.25) is 0 Å². The molecule has 4 rings (SSSR count). The van der Waals surface area contributed by atoms with E-state index in [1.165, 1.54) is 12.0 Å². The van der Waals surface area contributed by atoms with Gasteiger partial charge in [0, 0.05) is 31.3 Å². The Morgan fingerprint density at radius 1 is 1.29 bits per heavy atom. The smallest absolute Gasteiger partial charge is 0.213 e. The zero-order chi connectivity index (χ0) is 19.0. The van der Waals surface area contributed by atoms with Crippen LogP contribution in [0.4, 0.5) is 0 Å². The van der Waals surface area contributed by atoms with Crippen molar-refractivity contribution in [1.82, 2.24) is 9.88 Å². The molecule has 4 heterocycles. The van der Waals surface area contributed by atoms with Gasteiger partial charge in [-0.05, 0) is 62.9 Å². The zero-order valence-corrected chi connectivity index (χ0v) is 18.1. The van der Waals surface area contributed by atoms with Crippen molar-refractivity contribution >= 4 is 25.1 Å². The molecule has 6 nitrogen and oxygen atoms in total. The van der Waals surface area contributed by atoms with E-state index in [2.05, 4.69) is 46.1 Å². The molecule has 1 aromatic heterocycles. The Hall–Kier alpha value is -1.86. The van der Waals surface area contributed by atoms with E-state index in [4.69, 9.17) is 14.5 Å². The molecule has 4 atom stereocenters. The van der Waals surface area contributed by atoms with Gasteiger partial charge in [0.25, 0.3) is 0 Å². The molecule has 152 valence electrons. The average Bonchev–Trinajstić information content (AvgIpc) is 3.25. The fraction of sp³-hybridized carbons (Fsp3) is 0.571. The summed E-state index contributed by atoms with van der Waals surface area (Å²) in [7, 11) is 1.68. The Kier molecular flexibility index (Phi) is 6.45. The zero-order valence-electron chi connectivity index (χ0n) is 17.1. The lowest BCUT2D eigenvalue weighted by Gasteiger charge is -2.27. The number of dihydropyridines is 1. The van der Waals surface area contributed by atoms with E-state index in [1.807, 2.05) is 13.8 Å². The van der Waals surface area contributed by atoms with Crippen LogP contribution in [0.3, 0.4) is 0 Å². The molecule has 1 aromatic rings. The first-order valence-corrected chi connectivity index (χ1v) is 9.74. The Bertz CT molecular complexity index is 808. The number of aryl methyl sites for hydroxylation is 1. The summed E-state index contributed by atoms with van der Waals surface area (Å²) in [4.78, 5) is 16.2. The lowest BCUT2D eigenvalue weighted by Crippen LogP contribution is -2.39. The highest BCUT2D eigenvalue weighted by atomic mass is 32.1. The van der Waals surface area contributed by atoms with Crippen LogP contribution in [0.5, 0.6) is 5.88 Å². The maximum Gasteiger partial charge on any atom is 0.213 e. The van der Waals surface area contributed by atoms with Crippen molar-refractivity contribution in [3.8, 4) is 5.88 Å². The summed E-state index contributed by atoms with van der Waals surface area (Å²) in [5, 5.41) is 0. The summed E-state index contributed by atoms with van der Waals surface area (Å²) in [5.74, 6) is 2.09. The standard InChI is InChI=1S/C21H28N4O2.H2S/c1-13-9-17(11-20(22-13)26-4)10-16-7-8-25(12-16)14(2)18-5-6-19-21(24-18)23-15(3)27-19;/h5-6,9,11,14,16,19,21H,7-8,10,12H2,1-4H3;1H2/t14?,16-,19?,21?;/m1./s1. The molecule has 0 N–H and O–H groups in total. The third kappa shape index (κ3) is 4.41. The Morgan fingerprint density at radius 3 is 2.89 bits per heavy atom. The normalized spacial score (nSPS) is 27.4. The highest BCUT2D eigenvalue weighted by Crippen LogP contribution is 2.27. The third-order valence-electron chi connectivity index (χ3n) is 5.67. The van der Waals surface area contributed by atoms with Crippen LogP contribution >= 0.6 is 13.5 Å². The molecule has 1 saturated heterocycles. The average molecular weight is 403 g/mol. The Morgan fingerprint density at radius 2 is 2.11 bits per heavy atom. The van der Waals surface area contributed by atoms with Gasteiger partial charge in [0.15, 0.2) is 18.2 Å². The van der Waals surface area contributed by atoms with Crippen LogP contribution in [0.25, 0.3) is 0 Å². The van der Waals surface area contributed by atoms with Gasteiger partial charge in [-0.25, -0.2) is 9.98 Å². The minimum Gasteiger partial charge on any atom is -0.481 e. The van der Waals surface area contributed by atoms with Crippen molar-refractivity contribution in [1.29, 1.82) is 0 Å². The number of fused-ring (bicyclic) bond motifs is 1. The largest absolute Gasteiger partial charge is 0.481 e. The second-order valence-corrected chi connectivity index (χ2v) is 7.75. The van der Waals surface area contributed by atoms with Crippen molar-refractivity contribution in [2.45, 2.75) is 51.9 Å². The molecule has 7 heteroatoms. The summed E-state index contributed by atoms with van der Waals surface area (Å²) >= 11 is 0. The van der Waals surface area contributed by atoms with Gasteiger partial charge in [-0.15, -0.1) is 0 Å². The number of ether oxygens (including phenoxy) is 2. The van der Waals surface area contributed by atoms with E-state index in [-0.39, 0.29) is 25.8 Å². The molecule has 0 saturated carbocycles. The number of methoxy groups -OCH3 is 1. The van der Waals surface area contributed by atoms with Gasteiger partial charge in [-0.2, -0.15) is 13.5 Å². The molecular weight excluding hydrogens is 372 g/mol. The molecule has 3 unspecified atom stereocenters. The molecule has 3 aliphatic heterocycles. The number of aliphatic imine (C=N–C) groups is 2. The van der Waals surface area contributed by atoms with Crippen LogP contribution in [0.15, 0.2) is 34.3 Å². The number of aromatic nitrogens is 1. The minimum atomic E-state index is -0.0990. The van der Waals surface area contributed by atoms with E-state index >= 15 is 0 Å². The number of hydrogen-bond donors (Lipinski definition) is 0. The molecule has 0 radical (unpaired) electrons. The molecular formula is C21H30N4O2S. The van der Waals surface area contributed by atoms with E-state index < -0.39 is 0 Å². The van der Waals surface area contributed by atoms with Crippen LogP contribution < -0.4 is 4.74 Å². The maximum absolute atomic E-state index is 5.66. The highest BCUT2D eigenvalue weighted by Gasteiger charge is 2.33. The SMILES string of the molecule is COc1cc(C[C@H]2CCN(C(C)C3=NC4N=C(C)OC4C=C3)C2)cc(C)n1.S. The summed E-state index contributed by atoms with van der Waals surface area (Å²) in [6.07, 6.45) is 6.37. The monoisotopic (exact) mass is 402 g/mol. The summed E-state index contributed by atoms with van der Waals surface area (Å²) in [5.41, 5.74) is 3.43. The van der Waals surface area contributed by atoms with Crippen molar-refractivity contribution in [2.75, 3.05) is 20.2 Å². The number of pyridine rings is 1. The minimum absolute atomic E-state index is 0. The van der Waals surface area contributed by atoms with E-state index in [9.17, 15) is 0 Å². The van der Waals surface area contributed by atoms with Gasteiger partial charge < -0.3 is 9.47 Å². The second-order valence-electron chi connectivity index (χ2n) is 7.75. The van der Waals surface area contributed by atoms with E-state index in [0.29, 0.717) is 17.8 Å². The highest BCUT2D eigenvalue weighted by molar-refractivity contribution is 7.59. The lowest BCUT2D eigenvalue weighted by molar-refractivity contribution is 0.238. The fourth-order valence-electron chi connectivity index (χ4n) is 4.26. The van der Waals surface area contributed by atoms with E-state index in [1.54, 1.807) is 7.11 Å². The Labute approximate surface area is 174 Å². The summed E-state index contributed by atoms with van der Waals surface area (Å²) in [6.45, 7) is 8.35. The number of likely N-dealkylation sites (tertiary alicyclic amines) is 1. The van der Waals surface area contributed by atoms with Crippen molar-refractivity contribution in [3.63, 3.8) is 0 Å². The first-order valence-electron chi connectivity index (χ1n) is 9.74. The number of rotatable bonds is 5. The lowest BCUT2D eigenvalue weighted by atomic mass is 9.99. The van der Waals surface area contributed by atoms with Gasteiger partial charge in [-0.1, -0.05) is 0 Å². The van der Waals surface area contributed by atoms with Crippen LogP contribution in [0, 0.1) is 12.8 Å². The molecule has 0 amide bonds. The van der Waals surface area contributed by atoms with Crippen molar-refractivity contribution < 1.29 is 9.47 Å². The van der Waals surface area contributed by atoms with Gasteiger partial charge in [0.2, 0.25) is 5.88 Å². The van der Waals surface area contributed by atoms with Crippen molar-refractivity contribution in [3.05, 3.63) is 35.5 Å².